The van der Waals surface area contributed by atoms with Crippen LogP contribution < -0.4 is 4.90 Å². The summed E-state index contributed by atoms with van der Waals surface area (Å²) < 4.78 is 14.0. The van der Waals surface area contributed by atoms with Crippen molar-refractivity contribution in [3.8, 4) is 11.1 Å². The molecule has 0 saturated carbocycles. The Hall–Kier alpha value is -2.11. The first kappa shape index (κ1) is 26.5. The van der Waals surface area contributed by atoms with Crippen molar-refractivity contribution in [1.29, 1.82) is 0 Å². The average Bonchev–Trinajstić information content (AvgIpc) is 2.84. The first-order chi connectivity index (χ1) is 17.5. The molecular formula is C30H30Cl3FN2O. The molecule has 1 saturated heterocycles. The lowest BCUT2D eigenvalue weighted by Gasteiger charge is -2.41. The second-order valence-electron chi connectivity index (χ2n) is 10.9. The normalized spacial score (nSPS) is 17.3. The van der Waals surface area contributed by atoms with Crippen molar-refractivity contribution < 1.29 is 9.18 Å². The number of nitrogens with zero attached hydrogens (tertiary/aromatic N) is 2. The van der Waals surface area contributed by atoms with Crippen LogP contribution in [0.25, 0.3) is 11.1 Å². The van der Waals surface area contributed by atoms with Gasteiger partial charge in [-0.1, -0.05) is 46.9 Å². The molecule has 0 aliphatic carbocycles. The van der Waals surface area contributed by atoms with Gasteiger partial charge in [-0.15, -0.1) is 0 Å². The minimum Gasteiger partial charge on any atom is -0.298 e. The molecule has 1 amide bonds. The molecule has 2 aliphatic heterocycles. The fourth-order valence-electron chi connectivity index (χ4n) is 5.63. The predicted molar refractivity (Wildman–Crippen MR) is 152 cm³/mol. The zero-order valence-electron chi connectivity index (χ0n) is 21.3. The number of fused-ring (bicyclic) bond motifs is 1. The number of rotatable bonds is 3. The van der Waals surface area contributed by atoms with E-state index < -0.39 is 0 Å². The highest BCUT2D eigenvalue weighted by Gasteiger charge is 2.33. The summed E-state index contributed by atoms with van der Waals surface area (Å²) in [7, 11) is 0. The second-order valence-corrected chi connectivity index (χ2v) is 12.1. The van der Waals surface area contributed by atoms with E-state index in [1.54, 1.807) is 29.2 Å². The molecule has 0 radical (unpaired) electrons. The summed E-state index contributed by atoms with van der Waals surface area (Å²) in [4.78, 5) is 17.6. The molecule has 3 aromatic rings. The highest BCUT2D eigenvalue weighted by Crippen LogP contribution is 2.47. The molecule has 1 fully saturated rings. The molecule has 7 heteroatoms. The topological polar surface area (TPSA) is 23.6 Å². The van der Waals surface area contributed by atoms with Crippen LogP contribution in [0.1, 0.15) is 57.1 Å². The number of halogens is 4. The van der Waals surface area contributed by atoms with E-state index in [2.05, 4.69) is 37.8 Å². The van der Waals surface area contributed by atoms with E-state index in [0.29, 0.717) is 39.5 Å². The van der Waals surface area contributed by atoms with Gasteiger partial charge in [0.1, 0.15) is 5.82 Å². The SMILES string of the molecule is CC(C)(C)N1CCC(c2cc(-c3ccc(F)cc3Cl)c3c(c2)N(c2c(Cl)cccc2Cl)C(=O)CC3)CC1. The Morgan fingerprint density at radius 1 is 0.865 bits per heavy atom. The number of hydrogen-bond donors (Lipinski definition) is 0. The third kappa shape index (κ3) is 5.14. The summed E-state index contributed by atoms with van der Waals surface area (Å²) in [6.45, 7) is 8.74. The highest BCUT2D eigenvalue weighted by molar-refractivity contribution is 6.40. The van der Waals surface area contributed by atoms with Crippen molar-refractivity contribution in [1.82, 2.24) is 4.90 Å². The minimum absolute atomic E-state index is 0.0571. The lowest BCUT2D eigenvalue weighted by molar-refractivity contribution is -0.118. The molecule has 0 N–H and O–H groups in total. The highest BCUT2D eigenvalue weighted by atomic mass is 35.5. The van der Waals surface area contributed by atoms with Crippen LogP contribution in [-0.2, 0) is 11.2 Å². The summed E-state index contributed by atoms with van der Waals surface area (Å²) in [6, 6.07) is 14.1. The molecule has 0 bridgehead atoms. The van der Waals surface area contributed by atoms with Gasteiger partial charge in [-0.25, -0.2) is 4.39 Å². The van der Waals surface area contributed by atoms with Gasteiger partial charge in [0.15, 0.2) is 0 Å². The number of para-hydroxylation sites is 1. The van der Waals surface area contributed by atoms with Crippen LogP contribution >= 0.6 is 34.8 Å². The molecule has 2 aliphatic rings. The number of anilines is 2. The molecule has 37 heavy (non-hydrogen) atoms. The predicted octanol–water partition coefficient (Wildman–Crippen LogP) is 9.04. The zero-order valence-corrected chi connectivity index (χ0v) is 23.5. The minimum atomic E-state index is -0.382. The van der Waals surface area contributed by atoms with E-state index >= 15 is 0 Å². The second kappa shape index (κ2) is 10.2. The summed E-state index contributed by atoms with van der Waals surface area (Å²) in [5.74, 6) is -0.117. The van der Waals surface area contributed by atoms with Crippen LogP contribution in [0.4, 0.5) is 15.8 Å². The van der Waals surface area contributed by atoms with Gasteiger partial charge in [-0.3, -0.25) is 14.6 Å². The maximum absolute atomic E-state index is 14.0. The van der Waals surface area contributed by atoms with Crippen LogP contribution in [0, 0.1) is 5.82 Å². The van der Waals surface area contributed by atoms with Crippen molar-refractivity contribution in [2.45, 2.75) is 57.9 Å². The number of likely N-dealkylation sites (tertiary alicyclic amines) is 1. The van der Waals surface area contributed by atoms with Crippen molar-refractivity contribution in [3.05, 3.63) is 80.5 Å². The van der Waals surface area contributed by atoms with E-state index in [4.69, 9.17) is 34.8 Å². The standard InChI is InChI=1S/C30H30Cl3FN2O/c1-30(2,3)35-13-11-18(12-14-35)19-15-23(21-8-7-20(34)17-26(21)33)22-9-10-28(37)36(27(22)16-19)29-24(31)5-4-6-25(29)32/h4-8,15-18H,9-14H2,1-3H3. The molecule has 0 aromatic heterocycles. The Kier molecular flexibility index (Phi) is 7.32. The van der Waals surface area contributed by atoms with Crippen molar-refractivity contribution in [2.24, 2.45) is 0 Å². The molecular weight excluding hydrogens is 530 g/mol. The number of piperidine rings is 1. The Labute approximate surface area is 233 Å². The van der Waals surface area contributed by atoms with Gasteiger partial charge in [0.2, 0.25) is 5.91 Å². The quantitative estimate of drug-likeness (QED) is 0.320. The molecule has 0 spiro atoms. The number of carbonyl (C=O) groups is 1. The van der Waals surface area contributed by atoms with Crippen molar-refractivity contribution >= 4 is 52.1 Å². The molecule has 3 nitrogen and oxygen atoms in total. The van der Waals surface area contributed by atoms with Crippen molar-refractivity contribution in [2.75, 3.05) is 18.0 Å². The molecule has 5 rings (SSSR count). The third-order valence-electron chi connectivity index (χ3n) is 7.63. The Bertz CT molecular complexity index is 1340. The largest absolute Gasteiger partial charge is 0.298 e. The number of carbonyl (C=O) groups excluding carboxylic acids is 1. The van der Waals surface area contributed by atoms with Crippen molar-refractivity contribution in [3.63, 3.8) is 0 Å². The van der Waals surface area contributed by atoms with Crippen LogP contribution in [0.3, 0.4) is 0 Å². The van der Waals surface area contributed by atoms with Gasteiger partial charge in [-0.05, 0) is 112 Å². The maximum Gasteiger partial charge on any atom is 0.231 e. The Balaban J connectivity index is 1.68. The monoisotopic (exact) mass is 558 g/mol. The Morgan fingerprint density at radius 2 is 1.54 bits per heavy atom. The van der Waals surface area contributed by atoms with Gasteiger partial charge in [-0.2, -0.15) is 0 Å². The lowest BCUT2D eigenvalue weighted by atomic mass is 9.82. The van der Waals surface area contributed by atoms with Gasteiger partial charge in [0, 0.05) is 17.5 Å². The van der Waals surface area contributed by atoms with Crippen LogP contribution in [0.15, 0.2) is 48.5 Å². The summed E-state index contributed by atoms with van der Waals surface area (Å²) >= 11 is 19.8. The van der Waals surface area contributed by atoms with E-state index in [1.165, 1.54) is 12.1 Å². The zero-order chi connectivity index (χ0) is 26.5. The van der Waals surface area contributed by atoms with E-state index in [9.17, 15) is 9.18 Å². The fraction of sp³-hybridized carbons (Fsp3) is 0.367. The van der Waals surface area contributed by atoms with E-state index in [0.717, 1.165) is 53.9 Å². The van der Waals surface area contributed by atoms with Gasteiger partial charge in [0.25, 0.3) is 0 Å². The number of amides is 1. The van der Waals surface area contributed by atoms with Crippen LogP contribution in [-0.4, -0.2) is 29.4 Å². The first-order valence-corrected chi connectivity index (χ1v) is 13.8. The average molecular weight is 560 g/mol. The summed E-state index contributed by atoms with van der Waals surface area (Å²) in [6.07, 6.45) is 2.88. The molecule has 2 heterocycles. The van der Waals surface area contributed by atoms with Crippen LogP contribution in [0.2, 0.25) is 15.1 Å². The molecule has 0 unspecified atom stereocenters. The summed E-state index contributed by atoms with van der Waals surface area (Å²) in [5.41, 5.74) is 5.21. The van der Waals surface area contributed by atoms with Gasteiger partial charge >= 0.3 is 0 Å². The fourth-order valence-corrected chi connectivity index (χ4v) is 6.47. The third-order valence-corrected chi connectivity index (χ3v) is 8.55. The van der Waals surface area contributed by atoms with E-state index in [-0.39, 0.29) is 17.3 Å². The number of hydrogen-bond acceptors (Lipinski definition) is 2. The van der Waals surface area contributed by atoms with Gasteiger partial charge < -0.3 is 0 Å². The number of benzene rings is 3. The maximum atomic E-state index is 14.0. The van der Waals surface area contributed by atoms with Crippen LogP contribution in [0.5, 0.6) is 0 Å². The molecule has 0 atom stereocenters. The van der Waals surface area contributed by atoms with E-state index in [1.807, 2.05) is 0 Å². The van der Waals surface area contributed by atoms with Gasteiger partial charge in [0.05, 0.1) is 26.4 Å². The molecule has 194 valence electrons. The first-order valence-electron chi connectivity index (χ1n) is 12.7. The Morgan fingerprint density at radius 3 is 2.16 bits per heavy atom. The lowest BCUT2D eigenvalue weighted by Crippen LogP contribution is -2.45. The molecule has 3 aromatic carbocycles. The smallest absolute Gasteiger partial charge is 0.231 e. The summed E-state index contributed by atoms with van der Waals surface area (Å²) in [5, 5.41) is 1.18.